The molecular formula is C42H56ClN3O5S. The van der Waals surface area contributed by atoms with Crippen LogP contribution in [0, 0.1) is 23.7 Å². The van der Waals surface area contributed by atoms with Gasteiger partial charge in [-0.1, -0.05) is 56.0 Å². The van der Waals surface area contributed by atoms with Crippen LogP contribution in [0.4, 0.5) is 5.69 Å². The third kappa shape index (κ3) is 7.04. The number of morpholine rings is 1. The molecule has 3 aliphatic heterocycles. The fourth-order valence-electron chi connectivity index (χ4n) is 10.4. The van der Waals surface area contributed by atoms with E-state index in [4.69, 9.17) is 21.1 Å². The molecule has 0 unspecified atom stereocenters. The Hall–Kier alpha value is -2.59. The van der Waals surface area contributed by atoms with Gasteiger partial charge in [0.2, 0.25) is 10.0 Å². The first-order chi connectivity index (χ1) is 25.0. The van der Waals surface area contributed by atoms with E-state index in [1.54, 1.807) is 13.0 Å². The number of halogens is 1. The standard InChI is InChI=1S/C42H56ClN3O5S/c1-29-8-6-19-42(27-45(20-21-51-42)24-31-9-4-3-5-10-31)37-15-12-34(37)25-46-26-41(18-7-11-32-22-35(43)14-16-36(32)41)28-50-39-17-13-33(23-38(39)46)40(47)44-52(48,49)30(29)2/h6,13-14,16-17,19,22-23,29-31,34,37H,3-5,7-12,15,18,20-21,24-28H2,1-2H3,(H,44,47)/b19-6+/t29-,30+,34-,37+,41-,42-/m0/s1. The highest BCUT2D eigenvalue weighted by Gasteiger charge is 2.51. The molecule has 3 heterocycles. The quantitative estimate of drug-likeness (QED) is 0.318. The number of nitrogens with zero attached hydrogens (tertiary/aromatic N) is 2. The highest BCUT2D eigenvalue weighted by Crippen LogP contribution is 2.50. The van der Waals surface area contributed by atoms with E-state index in [9.17, 15) is 13.2 Å². The Balaban J connectivity index is 1.18. The van der Waals surface area contributed by atoms with Gasteiger partial charge in [-0.2, -0.15) is 0 Å². The third-order valence-corrected chi connectivity index (χ3v) is 15.9. The van der Waals surface area contributed by atoms with Gasteiger partial charge >= 0.3 is 0 Å². The van der Waals surface area contributed by atoms with Crippen LogP contribution in [-0.4, -0.2) is 76.0 Å². The number of amides is 1. The van der Waals surface area contributed by atoms with Crippen LogP contribution in [0.3, 0.4) is 0 Å². The number of hydrogen-bond donors (Lipinski definition) is 1. The van der Waals surface area contributed by atoms with Gasteiger partial charge in [-0.05, 0) is 123 Å². The number of sulfonamides is 1. The molecule has 8 rings (SSSR count). The van der Waals surface area contributed by atoms with E-state index in [1.807, 2.05) is 25.1 Å². The summed E-state index contributed by atoms with van der Waals surface area (Å²) in [7, 11) is -3.93. The molecule has 0 radical (unpaired) electrons. The summed E-state index contributed by atoms with van der Waals surface area (Å²) in [6.45, 7) is 9.42. The number of hydrogen-bond acceptors (Lipinski definition) is 7. The molecule has 2 aromatic carbocycles. The van der Waals surface area contributed by atoms with Crippen LogP contribution >= 0.6 is 11.6 Å². The second-order valence-electron chi connectivity index (χ2n) is 17.1. The predicted octanol–water partition coefficient (Wildman–Crippen LogP) is 7.53. The first-order valence-corrected chi connectivity index (χ1v) is 21.9. The third-order valence-electron chi connectivity index (χ3n) is 13.7. The molecule has 1 N–H and O–H groups in total. The van der Waals surface area contributed by atoms with Crippen molar-refractivity contribution >= 4 is 33.2 Å². The first-order valence-electron chi connectivity index (χ1n) is 19.9. The van der Waals surface area contributed by atoms with E-state index in [1.165, 1.54) is 43.2 Å². The molecule has 3 fully saturated rings. The number of carbonyl (C=O) groups is 1. The van der Waals surface area contributed by atoms with Crippen LogP contribution in [-0.2, 0) is 26.6 Å². The van der Waals surface area contributed by atoms with Crippen LogP contribution in [0.2, 0.25) is 5.02 Å². The van der Waals surface area contributed by atoms with E-state index in [2.05, 4.69) is 38.8 Å². The summed E-state index contributed by atoms with van der Waals surface area (Å²) in [5.41, 5.74) is 3.09. The molecule has 2 spiro atoms. The summed E-state index contributed by atoms with van der Waals surface area (Å²) in [6, 6.07) is 11.7. The van der Waals surface area contributed by atoms with Gasteiger partial charge in [-0.15, -0.1) is 0 Å². The number of benzene rings is 2. The van der Waals surface area contributed by atoms with E-state index >= 15 is 0 Å². The molecule has 2 aromatic rings. The maximum atomic E-state index is 13.6. The van der Waals surface area contributed by atoms with Gasteiger partial charge in [0.05, 0.1) is 24.2 Å². The SMILES string of the molecule is C[C@@H]1[C@@H](C)C/C=C/[C@]2(CN(CC3CCCCC3)CCO2)[C@@H]2CC[C@H]2CN2C[C@@]3(CCCc4cc(Cl)ccc43)COc3ccc(cc32)C(=O)NS1(=O)=O. The number of ether oxygens (including phenoxy) is 2. The molecule has 10 heteroatoms. The number of rotatable bonds is 2. The highest BCUT2D eigenvalue weighted by atomic mass is 35.5. The fraction of sp³-hybridized carbons (Fsp3) is 0.643. The van der Waals surface area contributed by atoms with Crippen molar-refractivity contribution in [3.63, 3.8) is 0 Å². The van der Waals surface area contributed by atoms with E-state index in [-0.39, 0.29) is 11.3 Å². The summed E-state index contributed by atoms with van der Waals surface area (Å²) in [5.74, 6) is 1.41. The number of anilines is 1. The number of nitrogens with one attached hydrogen (secondary N) is 1. The second kappa shape index (κ2) is 14.6. The Labute approximate surface area is 315 Å². The molecule has 52 heavy (non-hydrogen) atoms. The zero-order valence-corrected chi connectivity index (χ0v) is 32.5. The summed E-state index contributed by atoms with van der Waals surface area (Å²) in [4.78, 5) is 18.8. The molecule has 0 aromatic heterocycles. The fourth-order valence-corrected chi connectivity index (χ4v) is 11.9. The molecule has 1 amide bonds. The van der Waals surface area contributed by atoms with E-state index in [0.717, 1.165) is 87.2 Å². The molecule has 3 aliphatic carbocycles. The molecule has 1 saturated heterocycles. The van der Waals surface area contributed by atoms with Crippen molar-refractivity contribution in [1.29, 1.82) is 0 Å². The van der Waals surface area contributed by atoms with Gasteiger partial charge in [0.25, 0.3) is 5.91 Å². The molecule has 6 aliphatic rings. The average molecular weight is 750 g/mol. The monoisotopic (exact) mass is 749 g/mol. The predicted molar refractivity (Wildman–Crippen MR) is 207 cm³/mol. The zero-order chi connectivity index (χ0) is 36.1. The smallest absolute Gasteiger partial charge is 0.264 e. The Bertz CT molecular complexity index is 1800. The van der Waals surface area contributed by atoms with Gasteiger partial charge in [-0.3, -0.25) is 9.69 Å². The normalized spacial score (nSPS) is 34.7. The number of allylic oxidation sites excluding steroid dienone is 1. The lowest BCUT2D eigenvalue weighted by Crippen LogP contribution is -2.60. The Morgan fingerprint density at radius 3 is 2.65 bits per heavy atom. The minimum absolute atomic E-state index is 0.189. The van der Waals surface area contributed by atoms with E-state index in [0.29, 0.717) is 37.0 Å². The van der Waals surface area contributed by atoms with Crippen molar-refractivity contribution in [2.24, 2.45) is 23.7 Å². The highest BCUT2D eigenvalue weighted by molar-refractivity contribution is 7.90. The van der Waals surface area contributed by atoms with Gasteiger partial charge in [0, 0.05) is 48.7 Å². The number of fused-ring (bicyclic) bond motifs is 5. The van der Waals surface area contributed by atoms with Crippen LogP contribution in [0.1, 0.15) is 99.5 Å². The maximum absolute atomic E-state index is 13.6. The lowest BCUT2D eigenvalue weighted by atomic mass is 9.63. The maximum Gasteiger partial charge on any atom is 0.264 e. The minimum atomic E-state index is -3.93. The van der Waals surface area contributed by atoms with Gasteiger partial charge < -0.3 is 14.4 Å². The van der Waals surface area contributed by atoms with Crippen molar-refractivity contribution in [2.45, 2.75) is 101 Å². The van der Waals surface area contributed by atoms with Crippen LogP contribution in [0.15, 0.2) is 48.6 Å². The largest absolute Gasteiger partial charge is 0.490 e. The molecular weight excluding hydrogens is 694 g/mol. The zero-order valence-electron chi connectivity index (χ0n) is 31.0. The Morgan fingerprint density at radius 2 is 1.85 bits per heavy atom. The Kier molecular flexibility index (Phi) is 10.2. The summed E-state index contributed by atoms with van der Waals surface area (Å²) in [5, 5.41) is 0.00510. The average Bonchev–Trinajstić information content (AvgIpc) is 3.26. The van der Waals surface area contributed by atoms with Crippen molar-refractivity contribution in [2.75, 3.05) is 50.8 Å². The van der Waals surface area contributed by atoms with Crippen molar-refractivity contribution < 1.29 is 22.7 Å². The van der Waals surface area contributed by atoms with Crippen molar-refractivity contribution in [3.8, 4) is 5.75 Å². The summed E-state index contributed by atoms with van der Waals surface area (Å²) < 4.78 is 43.3. The lowest BCUT2D eigenvalue weighted by Gasteiger charge is -2.54. The first kappa shape index (κ1) is 36.4. The Morgan fingerprint density at radius 1 is 1.00 bits per heavy atom. The van der Waals surface area contributed by atoms with Crippen LogP contribution in [0.5, 0.6) is 5.75 Å². The molecule has 2 bridgehead atoms. The molecule has 282 valence electrons. The molecule has 2 saturated carbocycles. The van der Waals surface area contributed by atoms with Crippen molar-refractivity contribution in [1.82, 2.24) is 9.62 Å². The molecule has 6 atom stereocenters. The van der Waals surface area contributed by atoms with Gasteiger partial charge in [0.1, 0.15) is 11.4 Å². The minimum Gasteiger partial charge on any atom is -0.490 e. The van der Waals surface area contributed by atoms with Gasteiger partial charge in [0.15, 0.2) is 0 Å². The van der Waals surface area contributed by atoms with Crippen LogP contribution < -0.4 is 14.4 Å². The topological polar surface area (TPSA) is 88.2 Å². The summed E-state index contributed by atoms with van der Waals surface area (Å²) in [6.07, 6.45) is 17.0. The molecule has 8 nitrogen and oxygen atoms in total. The second-order valence-corrected chi connectivity index (χ2v) is 19.5. The van der Waals surface area contributed by atoms with Crippen molar-refractivity contribution in [3.05, 3.63) is 70.3 Å². The lowest BCUT2D eigenvalue weighted by molar-refractivity contribution is -0.146. The van der Waals surface area contributed by atoms with Gasteiger partial charge in [-0.25, -0.2) is 13.1 Å². The van der Waals surface area contributed by atoms with Crippen LogP contribution in [0.25, 0.3) is 0 Å². The van der Waals surface area contributed by atoms with E-state index < -0.39 is 26.8 Å². The number of aryl methyl sites for hydroxylation is 1. The number of carbonyl (C=O) groups excluding carboxylic acids is 1. The summed E-state index contributed by atoms with van der Waals surface area (Å²) >= 11 is 6.51.